The van der Waals surface area contributed by atoms with Gasteiger partial charge < -0.3 is 10.2 Å². The molecule has 0 aromatic rings. The van der Waals surface area contributed by atoms with Crippen molar-refractivity contribution in [1.29, 1.82) is 0 Å². The van der Waals surface area contributed by atoms with E-state index in [1.54, 1.807) is 0 Å². The van der Waals surface area contributed by atoms with Crippen LogP contribution in [0.5, 0.6) is 0 Å². The summed E-state index contributed by atoms with van der Waals surface area (Å²) in [5.41, 5.74) is 0. The van der Waals surface area contributed by atoms with Crippen molar-refractivity contribution in [2.24, 2.45) is 0 Å². The van der Waals surface area contributed by atoms with Crippen LogP contribution in [0.1, 0.15) is 33.1 Å². The van der Waals surface area contributed by atoms with E-state index in [1.807, 2.05) is 11.8 Å². The van der Waals surface area contributed by atoms with Crippen LogP contribution in [0.4, 0.5) is 0 Å². The fourth-order valence-electron chi connectivity index (χ4n) is 2.99. The molecule has 0 aromatic carbocycles. The summed E-state index contributed by atoms with van der Waals surface area (Å²) in [4.78, 5) is 30.4. The minimum absolute atomic E-state index is 0.107. The standard InChI is InChI=1S/C16H30N4O2/c1-3-14(2)17-15(21)12-18-8-10-19(11-9-18)13-16(22)20-6-4-5-7-20/h14H,3-13H2,1-2H3,(H,17,21). The lowest BCUT2D eigenvalue weighted by Crippen LogP contribution is -2.52. The molecule has 6 nitrogen and oxygen atoms in total. The zero-order valence-corrected chi connectivity index (χ0v) is 14.0. The number of nitrogens with zero attached hydrogens (tertiary/aromatic N) is 3. The van der Waals surface area contributed by atoms with Gasteiger partial charge in [0.2, 0.25) is 11.8 Å². The third-order valence-corrected chi connectivity index (χ3v) is 4.67. The number of amides is 2. The van der Waals surface area contributed by atoms with E-state index in [0.717, 1.165) is 58.5 Å². The molecule has 0 aromatic heterocycles. The molecular weight excluding hydrogens is 280 g/mol. The van der Waals surface area contributed by atoms with E-state index in [1.165, 1.54) is 0 Å². The second kappa shape index (κ2) is 8.48. The quantitative estimate of drug-likeness (QED) is 0.758. The molecule has 2 aliphatic rings. The van der Waals surface area contributed by atoms with Crippen molar-refractivity contribution in [3.05, 3.63) is 0 Å². The molecule has 1 unspecified atom stereocenters. The van der Waals surface area contributed by atoms with Gasteiger partial charge in [0.05, 0.1) is 13.1 Å². The lowest BCUT2D eigenvalue weighted by molar-refractivity contribution is -0.132. The van der Waals surface area contributed by atoms with E-state index < -0.39 is 0 Å². The normalized spacial score (nSPS) is 21.8. The highest BCUT2D eigenvalue weighted by Crippen LogP contribution is 2.09. The fourth-order valence-corrected chi connectivity index (χ4v) is 2.99. The molecule has 1 N–H and O–H groups in total. The van der Waals surface area contributed by atoms with Crippen molar-refractivity contribution in [1.82, 2.24) is 20.0 Å². The predicted octanol–water partition coefficient (Wildman–Crippen LogP) is 0.141. The van der Waals surface area contributed by atoms with Gasteiger partial charge in [0.1, 0.15) is 0 Å². The lowest BCUT2D eigenvalue weighted by atomic mass is 10.2. The van der Waals surface area contributed by atoms with Gasteiger partial charge in [-0.1, -0.05) is 6.92 Å². The summed E-state index contributed by atoms with van der Waals surface area (Å²) >= 11 is 0. The number of rotatable bonds is 6. The van der Waals surface area contributed by atoms with E-state index in [9.17, 15) is 9.59 Å². The van der Waals surface area contributed by atoms with Crippen LogP contribution in [-0.2, 0) is 9.59 Å². The molecule has 22 heavy (non-hydrogen) atoms. The molecule has 0 radical (unpaired) electrons. The molecule has 2 rings (SSSR count). The van der Waals surface area contributed by atoms with Crippen molar-refractivity contribution in [2.45, 2.75) is 39.2 Å². The number of carbonyl (C=O) groups is 2. The van der Waals surface area contributed by atoms with Gasteiger partial charge in [-0.25, -0.2) is 0 Å². The minimum atomic E-state index is 0.107. The largest absolute Gasteiger partial charge is 0.353 e. The van der Waals surface area contributed by atoms with Gasteiger partial charge >= 0.3 is 0 Å². The van der Waals surface area contributed by atoms with Crippen LogP contribution >= 0.6 is 0 Å². The predicted molar refractivity (Wildman–Crippen MR) is 86.6 cm³/mol. The number of piperazine rings is 1. The summed E-state index contributed by atoms with van der Waals surface area (Å²) in [6.07, 6.45) is 3.24. The monoisotopic (exact) mass is 310 g/mol. The molecule has 0 bridgehead atoms. The van der Waals surface area contributed by atoms with Crippen molar-refractivity contribution in [3.63, 3.8) is 0 Å². The maximum absolute atomic E-state index is 12.1. The highest BCUT2D eigenvalue weighted by atomic mass is 16.2. The number of hydrogen-bond acceptors (Lipinski definition) is 4. The Bertz CT molecular complexity index is 374. The van der Waals surface area contributed by atoms with Crippen LogP contribution in [0, 0.1) is 0 Å². The Balaban J connectivity index is 1.65. The summed E-state index contributed by atoms with van der Waals surface area (Å²) in [5, 5.41) is 3.00. The molecule has 0 spiro atoms. The number of carbonyl (C=O) groups excluding carboxylic acids is 2. The topological polar surface area (TPSA) is 55.9 Å². The third-order valence-electron chi connectivity index (χ3n) is 4.67. The first-order valence-electron chi connectivity index (χ1n) is 8.60. The molecular formula is C16H30N4O2. The Kier molecular flexibility index (Phi) is 6.64. The Morgan fingerprint density at radius 3 is 2.05 bits per heavy atom. The second-order valence-electron chi connectivity index (χ2n) is 6.52. The molecule has 2 aliphatic heterocycles. The highest BCUT2D eigenvalue weighted by Gasteiger charge is 2.24. The molecule has 2 saturated heterocycles. The first-order valence-corrected chi connectivity index (χ1v) is 8.60. The maximum atomic E-state index is 12.1. The number of nitrogens with one attached hydrogen (secondary N) is 1. The zero-order chi connectivity index (χ0) is 15.9. The van der Waals surface area contributed by atoms with Gasteiger partial charge in [0.25, 0.3) is 0 Å². The zero-order valence-electron chi connectivity index (χ0n) is 14.0. The van der Waals surface area contributed by atoms with E-state index in [4.69, 9.17) is 0 Å². The van der Waals surface area contributed by atoms with Crippen LogP contribution in [-0.4, -0.2) is 84.9 Å². The van der Waals surface area contributed by atoms with Crippen LogP contribution in [0.25, 0.3) is 0 Å². The van der Waals surface area contributed by atoms with Crippen LogP contribution < -0.4 is 5.32 Å². The van der Waals surface area contributed by atoms with Crippen LogP contribution in [0.3, 0.4) is 0 Å². The van der Waals surface area contributed by atoms with E-state index in [-0.39, 0.29) is 17.9 Å². The average molecular weight is 310 g/mol. The molecule has 0 aliphatic carbocycles. The molecule has 2 heterocycles. The number of hydrogen-bond donors (Lipinski definition) is 1. The lowest BCUT2D eigenvalue weighted by Gasteiger charge is -2.34. The Morgan fingerprint density at radius 1 is 0.955 bits per heavy atom. The first kappa shape index (κ1) is 17.2. The molecule has 2 fully saturated rings. The molecule has 2 amide bonds. The second-order valence-corrected chi connectivity index (χ2v) is 6.52. The molecule has 1 atom stereocenters. The summed E-state index contributed by atoms with van der Waals surface area (Å²) in [7, 11) is 0. The molecule has 6 heteroatoms. The van der Waals surface area contributed by atoms with Crippen LogP contribution in [0.15, 0.2) is 0 Å². The maximum Gasteiger partial charge on any atom is 0.236 e. The Hall–Kier alpha value is -1.14. The van der Waals surface area contributed by atoms with Crippen molar-refractivity contribution < 1.29 is 9.59 Å². The van der Waals surface area contributed by atoms with Gasteiger partial charge in [0.15, 0.2) is 0 Å². The molecule has 126 valence electrons. The van der Waals surface area contributed by atoms with Gasteiger partial charge in [-0.3, -0.25) is 19.4 Å². The third kappa shape index (κ3) is 5.25. The fraction of sp³-hybridized carbons (Fsp3) is 0.875. The first-order chi connectivity index (χ1) is 10.6. The Labute approximate surface area is 133 Å². The van der Waals surface area contributed by atoms with Crippen molar-refractivity contribution in [2.75, 3.05) is 52.4 Å². The van der Waals surface area contributed by atoms with Crippen molar-refractivity contribution in [3.8, 4) is 0 Å². The summed E-state index contributed by atoms with van der Waals surface area (Å²) in [6.45, 7) is 10.4. The van der Waals surface area contributed by atoms with Crippen LogP contribution in [0.2, 0.25) is 0 Å². The summed E-state index contributed by atoms with van der Waals surface area (Å²) < 4.78 is 0. The van der Waals surface area contributed by atoms with E-state index in [2.05, 4.69) is 22.0 Å². The number of likely N-dealkylation sites (tertiary alicyclic amines) is 1. The summed E-state index contributed by atoms with van der Waals surface area (Å²) in [6, 6.07) is 0.242. The minimum Gasteiger partial charge on any atom is -0.353 e. The van der Waals surface area contributed by atoms with E-state index in [0.29, 0.717) is 13.1 Å². The van der Waals surface area contributed by atoms with E-state index >= 15 is 0 Å². The van der Waals surface area contributed by atoms with Gasteiger partial charge in [0, 0.05) is 45.3 Å². The average Bonchev–Trinajstić information content (AvgIpc) is 3.03. The van der Waals surface area contributed by atoms with Crippen molar-refractivity contribution >= 4 is 11.8 Å². The molecule has 0 saturated carbocycles. The van der Waals surface area contributed by atoms with Gasteiger partial charge in [-0.2, -0.15) is 0 Å². The highest BCUT2D eigenvalue weighted by molar-refractivity contribution is 5.79. The smallest absolute Gasteiger partial charge is 0.236 e. The van der Waals surface area contributed by atoms with Gasteiger partial charge in [-0.05, 0) is 26.2 Å². The van der Waals surface area contributed by atoms with Gasteiger partial charge in [-0.15, -0.1) is 0 Å². The summed E-state index contributed by atoms with van der Waals surface area (Å²) in [5.74, 6) is 0.372. The Morgan fingerprint density at radius 2 is 1.50 bits per heavy atom. The SMILES string of the molecule is CCC(C)NC(=O)CN1CCN(CC(=O)N2CCCC2)CC1.